The number of carboxylic acid groups (broad SMARTS) is 1. The van der Waals surface area contributed by atoms with Crippen molar-refractivity contribution < 1.29 is 23.4 Å². The van der Waals surface area contributed by atoms with Crippen LogP contribution in [0, 0.1) is 5.92 Å². The number of aliphatic hydroxyl groups excluding tert-OH is 1. The van der Waals surface area contributed by atoms with Crippen LogP contribution < -0.4 is 5.32 Å². The third-order valence-electron chi connectivity index (χ3n) is 7.84. The van der Waals surface area contributed by atoms with Gasteiger partial charge in [0.25, 0.3) is 0 Å². The predicted molar refractivity (Wildman–Crippen MR) is 147 cm³/mol. The summed E-state index contributed by atoms with van der Waals surface area (Å²) in [6, 6.07) is 6.77. The Bertz CT molecular complexity index is 1410. The smallest absolute Gasteiger partial charge is 0.306 e. The minimum absolute atomic E-state index is 0.108. The predicted octanol–water partition coefficient (Wildman–Crippen LogP) is 3.67. The van der Waals surface area contributed by atoms with Crippen LogP contribution in [-0.2, 0) is 14.8 Å². The molecule has 11 nitrogen and oxygen atoms in total. The van der Waals surface area contributed by atoms with Crippen molar-refractivity contribution in [1.29, 1.82) is 0 Å². The van der Waals surface area contributed by atoms with E-state index >= 15 is 0 Å². The summed E-state index contributed by atoms with van der Waals surface area (Å²) in [5, 5.41) is 28.2. The maximum absolute atomic E-state index is 13.2. The van der Waals surface area contributed by atoms with Crippen LogP contribution in [0.2, 0.25) is 0 Å². The number of piperidine rings is 1. The molecule has 3 heterocycles. The van der Waals surface area contributed by atoms with E-state index in [1.165, 1.54) is 4.31 Å². The normalized spacial score (nSPS) is 21.3. The molecule has 2 aliphatic rings. The first-order valence-corrected chi connectivity index (χ1v) is 15.2. The van der Waals surface area contributed by atoms with Crippen molar-refractivity contribution in [2.24, 2.45) is 5.92 Å². The fourth-order valence-corrected chi connectivity index (χ4v) is 6.90. The lowest BCUT2D eigenvalue weighted by Crippen LogP contribution is -2.40. The van der Waals surface area contributed by atoms with Gasteiger partial charge >= 0.3 is 5.97 Å². The van der Waals surface area contributed by atoms with E-state index in [4.69, 9.17) is 10.1 Å². The number of aliphatic carboxylic acids is 1. The highest BCUT2D eigenvalue weighted by molar-refractivity contribution is 7.89. The molecule has 1 aromatic carbocycles. The lowest BCUT2D eigenvalue weighted by atomic mass is 9.93. The number of benzene rings is 1. The number of unbranched alkanes of at least 4 members (excludes halogenated alkanes) is 1. The fourth-order valence-electron chi connectivity index (χ4n) is 5.43. The first kappa shape index (κ1) is 27.5. The number of hydrogen-bond acceptors (Lipinski definition) is 8. The number of carbonyl (C=O) groups is 1. The quantitative estimate of drug-likeness (QED) is 0.335. The molecule has 39 heavy (non-hydrogen) atoms. The second kappa shape index (κ2) is 11.6. The van der Waals surface area contributed by atoms with Gasteiger partial charge in [-0.2, -0.15) is 14.4 Å². The van der Waals surface area contributed by atoms with E-state index in [9.17, 15) is 23.4 Å². The van der Waals surface area contributed by atoms with Gasteiger partial charge in [-0.1, -0.05) is 25.5 Å². The van der Waals surface area contributed by atoms with Gasteiger partial charge in [0, 0.05) is 31.4 Å². The minimum Gasteiger partial charge on any atom is -0.481 e. The third kappa shape index (κ3) is 5.78. The van der Waals surface area contributed by atoms with Crippen molar-refractivity contribution in [3.63, 3.8) is 0 Å². The molecular formula is C27H36N6O5S. The van der Waals surface area contributed by atoms with Crippen LogP contribution in [0.5, 0.6) is 0 Å². The molecule has 1 saturated heterocycles. The third-order valence-corrected chi connectivity index (χ3v) is 9.76. The Morgan fingerprint density at radius 1 is 1.08 bits per heavy atom. The summed E-state index contributed by atoms with van der Waals surface area (Å²) >= 11 is 0. The van der Waals surface area contributed by atoms with E-state index in [1.54, 1.807) is 30.5 Å². The van der Waals surface area contributed by atoms with Gasteiger partial charge in [0.05, 0.1) is 28.3 Å². The van der Waals surface area contributed by atoms with Crippen LogP contribution in [0.4, 0.5) is 5.95 Å². The monoisotopic (exact) mass is 556 g/mol. The average molecular weight is 557 g/mol. The lowest BCUT2D eigenvalue weighted by Gasteiger charge is -2.29. The number of nitrogens with zero attached hydrogens (tertiary/aromatic N) is 5. The molecule has 210 valence electrons. The summed E-state index contributed by atoms with van der Waals surface area (Å²) < 4.78 is 29.7. The average Bonchev–Trinajstić information content (AvgIpc) is 3.32. The van der Waals surface area contributed by atoms with Gasteiger partial charge in [0.2, 0.25) is 16.0 Å². The number of nitrogens with one attached hydrogen (secondary N) is 1. The Hall–Kier alpha value is -3.09. The van der Waals surface area contributed by atoms with Crippen LogP contribution in [0.3, 0.4) is 0 Å². The summed E-state index contributed by atoms with van der Waals surface area (Å²) in [6.45, 7) is 3.29. The lowest BCUT2D eigenvalue weighted by molar-refractivity contribution is -0.142. The maximum Gasteiger partial charge on any atom is 0.306 e. The number of sulfonamides is 1. The number of fused-ring (bicyclic) bond motifs is 1. The first-order valence-electron chi connectivity index (χ1n) is 13.8. The molecule has 0 spiro atoms. The number of rotatable bonds is 9. The Morgan fingerprint density at radius 2 is 1.77 bits per heavy atom. The van der Waals surface area contributed by atoms with E-state index in [0.717, 1.165) is 48.8 Å². The van der Waals surface area contributed by atoms with Gasteiger partial charge in [-0.05, 0) is 57.1 Å². The molecule has 3 aromatic rings. The molecule has 0 bridgehead atoms. The number of carboxylic acids is 1. The highest BCUT2D eigenvalue weighted by Crippen LogP contribution is 2.35. The molecular weight excluding hydrogens is 520 g/mol. The van der Waals surface area contributed by atoms with Crippen molar-refractivity contribution in [1.82, 2.24) is 24.1 Å². The van der Waals surface area contributed by atoms with Crippen LogP contribution in [0.15, 0.2) is 35.4 Å². The molecule has 0 unspecified atom stereocenters. The van der Waals surface area contributed by atoms with Crippen LogP contribution in [-0.4, -0.2) is 74.4 Å². The Morgan fingerprint density at radius 3 is 2.41 bits per heavy atom. The molecule has 2 fully saturated rings. The van der Waals surface area contributed by atoms with Crippen LogP contribution >= 0.6 is 0 Å². The van der Waals surface area contributed by atoms with Crippen molar-refractivity contribution in [3.8, 4) is 11.3 Å². The molecule has 5 rings (SSSR count). The van der Waals surface area contributed by atoms with Gasteiger partial charge in [0.1, 0.15) is 5.69 Å². The zero-order valence-electron chi connectivity index (χ0n) is 22.2. The molecule has 0 amide bonds. The summed E-state index contributed by atoms with van der Waals surface area (Å²) in [5.41, 5.74) is 2.16. The maximum atomic E-state index is 13.2. The van der Waals surface area contributed by atoms with E-state index in [2.05, 4.69) is 17.2 Å². The highest BCUT2D eigenvalue weighted by Gasteiger charge is 2.32. The minimum atomic E-state index is -3.73. The Kier molecular flexibility index (Phi) is 8.15. The standard InChI is InChI=1S/C27H36N6O5S/c1-2-3-14-28-27-29-17-23-24(31-33(25(23)30-27)20-6-8-21(34)9-7-20)18-4-10-22(11-5-18)39(37,38)32-15-12-19(13-16-32)26(35)36/h4-5,10-11,17,19-21,34H,2-3,6-9,12-16H2,1H3,(H,35,36)(H,28,29,30)/t20-,21-. The molecule has 0 radical (unpaired) electrons. The SMILES string of the molecule is CCCCNc1ncc2c(-c3ccc(S(=O)(=O)N4CCC(C(=O)O)CC4)cc3)nn([C@H]3CC[C@H](O)CC3)c2n1. The van der Waals surface area contributed by atoms with E-state index in [1.807, 2.05) is 4.68 Å². The second-order valence-electron chi connectivity index (χ2n) is 10.5. The first-order chi connectivity index (χ1) is 18.8. The summed E-state index contributed by atoms with van der Waals surface area (Å²) in [4.78, 5) is 20.7. The fraction of sp³-hybridized carbons (Fsp3) is 0.556. The van der Waals surface area contributed by atoms with Gasteiger partial charge < -0.3 is 15.5 Å². The zero-order chi connectivity index (χ0) is 27.6. The number of aromatic nitrogens is 4. The molecule has 1 aliphatic carbocycles. The van der Waals surface area contributed by atoms with Crippen LogP contribution in [0.25, 0.3) is 22.3 Å². The summed E-state index contributed by atoms with van der Waals surface area (Å²) in [6.07, 6.45) is 7.21. The van der Waals surface area contributed by atoms with Gasteiger partial charge in [-0.15, -0.1) is 0 Å². The van der Waals surface area contributed by atoms with Crippen LogP contribution in [0.1, 0.15) is 64.3 Å². The Balaban J connectivity index is 1.44. The molecule has 12 heteroatoms. The Labute approximate surface area is 228 Å². The van der Waals surface area contributed by atoms with E-state index in [0.29, 0.717) is 37.3 Å². The van der Waals surface area contributed by atoms with Gasteiger partial charge in [-0.25, -0.2) is 18.1 Å². The van der Waals surface area contributed by atoms with E-state index < -0.39 is 21.9 Å². The largest absolute Gasteiger partial charge is 0.481 e. The zero-order valence-corrected chi connectivity index (χ0v) is 23.0. The summed E-state index contributed by atoms with van der Waals surface area (Å²) in [7, 11) is -3.73. The number of aliphatic hydroxyl groups is 1. The number of anilines is 1. The molecule has 2 aromatic heterocycles. The molecule has 0 atom stereocenters. The van der Waals surface area contributed by atoms with Crippen molar-refractivity contribution >= 4 is 33.0 Å². The second-order valence-corrected chi connectivity index (χ2v) is 12.4. The number of hydrogen-bond donors (Lipinski definition) is 3. The van der Waals surface area contributed by atoms with E-state index in [-0.39, 0.29) is 30.1 Å². The summed E-state index contributed by atoms with van der Waals surface area (Å²) in [5.74, 6) is -0.827. The topological polar surface area (TPSA) is 151 Å². The molecule has 1 aliphatic heterocycles. The highest BCUT2D eigenvalue weighted by atomic mass is 32.2. The molecule has 3 N–H and O–H groups in total. The van der Waals surface area contributed by atoms with Crippen molar-refractivity contribution in [3.05, 3.63) is 30.5 Å². The van der Waals surface area contributed by atoms with Gasteiger partial charge in [-0.3, -0.25) is 4.79 Å². The van der Waals surface area contributed by atoms with Crippen molar-refractivity contribution in [2.75, 3.05) is 25.0 Å². The van der Waals surface area contributed by atoms with Gasteiger partial charge in [0.15, 0.2) is 5.65 Å². The van der Waals surface area contributed by atoms with Crippen molar-refractivity contribution in [2.45, 2.75) is 75.3 Å². The molecule has 1 saturated carbocycles.